The summed E-state index contributed by atoms with van der Waals surface area (Å²) in [6, 6.07) is 9.86. The van der Waals surface area contributed by atoms with E-state index in [0.29, 0.717) is 33.1 Å². The Kier molecular flexibility index (Phi) is 7.68. The van der Waals surface area contributed by atoms with Gasteiger partial charge in [0.1, 0.15) is 16.7 Å². The Hall–Kier alpha value is -2.76. The molecule has 0 bridgehead atoms. The van der Waals surface area contributed by atoms with Gasteiger partial charge in [0.25, 0.3) is 5.91 Å². The quantitative estimate of drug-likeness (QED) is 0.341. The van der Waals surface area contributed by atoms with E-state index >= 15 is 0 Å². The van der Waals surface area contributed by atoms with Crippen molar-refractivity contribution in [2.75, 3.05) is 11.9 Å². The number of carbonyl (C=O) groups is 2. The van der Waals surface area contributed by atoms with Crippen LogP contribution in [0.1, 0.15) is 77.6 Å². The molecule has 1 fully saturated rings. The number of para-hydroxylation sites is 1. The zero-order valence-corrected chi connectivity index (χ0v) is 22.1. The normalized spacial score (nSPS) is 17.9. The van der Waals surface area contributed by atoms with Gasteiger partial charge in [-0.25, -0.2) is 4.79 Å². The molecule has 0 spiro atoms. The second-order valence-electron chi connectivity index (χ2n) is 9.77. The Morgan fingerprint density at radius 2 is 2.03 bits per heavy atom. The highest BCUT2D eigenvalue weighted by atomic mass is 32.2. The van der Waals surface area contributed by atoms with Gasteiger partial charge in [-0.3, -0.25) is 4.79 Å². The second-order valence-corrected chi connectivity index (χ2v) is 12.2. The summed E-state index contributed by atoms with van der Waals surface area (Å²) in [5.41, 5.74) is 3.07. The lowest BCUT2D eigenvalue weighted by Crippen LogP contribution is -2.21. The molecule has 1 unspecified atom stereocenters. The zero-order chi connectivity index (χ0) is 25.1. The predicted molar refractivity (Wildman–Crippen MR) is 144 cm³/mol. The van der Waals surface area contributed by atoms with Crippen molar-refractivity contribution in [2.24, 2.45) is 5.92 Å². The molecule has 2 aromatic heterocycles. The van der Waals surface area contributed by atoms with Crippen LogP contribution >= 0.6 is 23.1 Å². The minimum Gasteiger partial charge on any atom is -0.450 e. The number of rotatable bonds is 7. The lowest BCUT2D eigenvalue weighted by atomic mass is 9.89. The maximum absolute atomic E-state index is 13.0. The molecule has 5 rings (SSSR count). The van der Waals surface area contributed by atoms with E-state index in [1.807, 2.05) is 36.0 Å². The molecule has 2 aliphatic rings. The molecule has 1 atom stereocenters. The molecule has 1 saturated carbocycles. The summed E-state index contributed by atoms with van der Waals surface area (Å²) in [5.74, 6) is 0.316. The van der Waals surface area contributed by atoms with Crippen molar-refractivity contribution in [1.29, 1.82) is 5.26 Å². The third-order valence-electron chi connectivity index (χ3n) is 7.11. The third-order valence-corrected chi connectivity index (χ3v) is 9.68. The number of nitrogens with zero attached hydrogens (tertiary/aromatic N) is 1. The minimum atomic E-state index is -0.639. The topological polar surface area (TPSA) is 92.3 Å². The van der Waals surface area contributed by atoms with E-state index in [9.17, 15) is 14.9 Å². The summed E-state index contributed by atoms with van der Waals surface area (Å²) in [5, 5.41) is 14.5. The van der Waals surface area contributed by atoms with Gasteiger partial charge in [0, 0.05) is 26.8 Å². The smallest absolute Gasteiger partial charge is 0.375 e. The van der Waals surface area contributed by atoms with Crippen LogP contribution in [0, 0.1) is 17.2 Å². The number of furan rings is 1. The Labute approximate surface area is 219 Å². The average Bonchev–Trinajstić information content (AvgIpc) is 3.43. The van der Waals surface area contributed by atoms with Gasteiger partial charge in [0.15, 0.2) is 6.61 Å². The Balaban J connectivity index is 1.26. The molecule has 36 heavy (non-hydrogen) atoms. The summed E-state index contributed by atoms with van der Waals surface area (Å²) < 4.78 is 11.3. The molecule has 188 valence electrons. The van der Waals surface area contributed by atoms with E-state index < -0.39 is 18.5 Å². The lowest BCUT2D eigenvalue weighted by molar-refractivity contribution is -0.119. The first-order valence-corrected chi connectivity index (χ1v) is 14.5. The number of hydrogen-bond donors (Lipinski definition) is 1. The van der Waals surface area contributed by atoms with E-state index in [2.05, 4.69) is 18.3 Å². The number of nitrogens with one attached hydrogen (secondary N) is 1. The summed E-state index contributed by atoms with van der Waals surface area (Å²) >= 11 is 3.33. The number of esters is 1. The molecule has 2 aliphatic carbocycles. The predicted octanol–water partition coefficient (Wildman–Crippen LogP) is 6.85. The Morgan fingerprint density at radius 3 is 2.83 bits per heavy atom. The van der Waals surface area contributed by atoms with Crippen molar-refractivity contribution in [3.63, 3.8) is 0 Å². The van der Waals surface area contributed by atoms with E-state index in [4.69, 9.17) is 9.15 Å². The van der Waals surface area contributed by atoms with Crippen molar-refractivity contribution in [3.8, 4) is 6.07 Å². The van der Waals surface area contributed by atoms with Crippen LogP contribution in [0.25, 0.3) is 11.0 Å². The molecule has 0 saturated heterocycles. The second kappa shape index (κ2) is 11.1. The van der Waals surface area contributed by atoms with Crippen molar-refractivity contribution in [1.82, 2.24) is 0 Å². The number of carbonyl (C=O) groups excluding carboxylic acids is 2. The standard InChI is InChI=1S/C28H30N2O4S2/c1-17-11-12-20-21(14-29)27(36-24(20)13-17)30-25(31)15-33-28(32)26-22(16-35-18-7-3-2-4-8-18)19-9-5-6-10-23(19)34-26/h5-6,9-10,17-18H,2-4,7-8,11-13,15-16H2,1H3,(H,30,31). The van der Waals surface area contributed by atoms with Gasteiger partial charge < -0.3 is 14.5 Å². The number of nitriles is 1. The van der Waals surface area contributed by atoms with Crippen LogP contribution in [-0.4, -0.2) is 23.7 Å². The van der Waals surface area contributed by atoms with Crippen LogP contribution in [-0.2, 0) is 28.1 Å². The third kappa shape index (κ3) is 5.33. The molecule has 6 nitrogen and oxygen atoms in total. The lowest BCUT2D eigenvalue weighted by Gasteiger charge is -2.20. The highest BCUT2D eigenvalue weighted by molar-refractivity contribution is 7.99. The summed E-state index contributed by atoms with van der Waals surface area (Å²) in [7, 11) is 0. The van der Waals surface area contributed by atoms with Gasteiger partial charge in [-0.2, -0.15) is 17.0 Å². The van der Waals surface area contributed by atoms with Crippen LogP contribution in [0.15, 0.2) is 28.7 Å². The number of hydrogen-bond acceptors (Lipinski definition) is 7. The maximum atomic E-state index is 13.0. The molecule has 1 aromatic carbocycles. The maximum Gasteiger partial charge on any atom is 0.375 e. The first-order chi connectivity index (χ1) is 17.5. The fraction of sp³-hybridized carbons (Fsp3) is 0.464. The number of amides is 1. The molecule has 0 radical (unpaired) electrons. The van der Waals surface area contributed by atoms with Gasteiger partial charge in [-0.15, -0.1) is 11.3 Å². The summed E-state index contributed by atoms with van der Waals surface area (Å²) in [4.78, 5) is 26.8. The highest BCUT2D eigenvalue weighted by Gasteiger charge is 2.26. The van der Waals surface area contributed by atoms with Crippen LogP contribution in [0.4, 0.5) is 5.00 Å². The number of anilines is 1. The van der Waals surface area contributed by atoms with Crippen molar-refractivity contribution >= 4 is 50.9 Å². The first kappa shape index (κ1) is 24.9. The van der Waals surface area contributed by atoms with Crippen LogP contribution in [0.2, 0.25) is 0 Å². The molecule has 1 amide bonds. The van der Waals surface area contributed by atoms with Crippen molar-refractivity contribution in [2.45, 2.75) is 69.3 Å². The number of fused-ring (bicyclic) bond motifs is 2. The van der Waals surface area contributed by atoms with Gasteiger partial charge in [0.05, 0.1) is 5.56 Å². The van der Waals surface area contributed by atoms with E-state index in [-0.39, 0.29) is 5.76 Å². The fourth-order valence-corrected chi connectivity index (χ4v) is 7.89. The SMILES string of the molecule is CC1CCc2c(sc(NC(=O)COC(=O)c3oc4ccccc4c3CSC3CCCCC3)c2C#N)C1. The summed E-state index contributed by atoms with van der Waals surface area (Å²) in [6.45, 7) is 1.77. The van der Waals surface area contributed by atoms with E-state index in [1.54, 1.807) is 0 Å². The molecule has 3 aromatic rings. The van der Waals surface area contributed by atoms with Gasteiger partial charge in [-0.05, 0) is 49.7 Å². The van der Waals surface area contributed by atoms with Gasteiger partial charge >= 0.3 is 5.97 Å². The van der Waals surface area contributed by atoms with Crippen molar-refractivity contribution < 1.29 is 18.7 Å². The molecule has 8 heteroatoms. The number of thioether (sulfide) groups is 1. The van der Waals surface area contributed by atoms with Crippen LogP contribution < -0.4 is 5.32 Å². The minimum absolute atomic E-state index is 0.172. The molecular formula is C28H30N2O4S2. The molecular weight excluding hydrogens is 492 g/mol. The van der Waals surface area contributed by atoms with E-state index in [1.165, 1.54) is 48.3 Å². The number of ether oxygens (including phenoxy) is 1. The fourth-order valence-electron chi connectivity index (χ4n) is 5.16. The molecule has 0 aliphatic heterocycles. The summed E-state index contributed by atoms with van der Waals surface area (Å²) in [6.07, 6.45) is 9.05. The monoisotopic (exact) mass is 522 g/mol. The van der Waals surface area contributed by atoms with Gasteiger partial charge in [0.2, 0.25) is 5.76 Å². The van der Waals surface area contributed by atoms with E-state index in [0.717, 1.165) is 35.8 Å². The van der Waals surface area contributed by atoms with Crippen molar-refractivity contribution in [3.05, 3.63) is 51.6 Å². The Bertz CT molecular complexity index is 1310. The molecule has 1 N–H and O–H groups in total. The highest BCUT2D eigenvalue weighted by Crippen LogP contribution is 2.39. The zero-order valence-electron chi connectivity index (χ0n) is 20.4. The number of thiophene rings is 1. The average molecular weight is 523 g/mol. The van der Waals surface area contributed by atoms with Gasteiger partial charge in [-0.1, -0.05) is 44.4 Å². The molecule has 2 heterocycles. The Morgan fingerprint density at radius 1 is 1.22 bits per heavy atom. The number of benzene rings is 1. The van der Waals surface area contributed by atoms with Crippen LogP contribution in [0.3, 0.4) is 0 Å². The first-order valence-electron chi connectivity index (χ1n) is 12.7. The van der Waals surface area contributed by atoms with Crippen LogP contribution in [0.5, 0.6) is 0 Å². The largest absolute Gasteiger partial charge is 0.450 e.